The Kier molecular flexibility index (Phi) is 6.45. The summed E-state index contributed by atoms with van der Waals surface area (Å²) in [6, 6.07) is 7.39. The minimum absolute atomic E-state index is 0.00731. The number of Topliss-reactive ketones (excluding diaryl/α,β-unsaturated/α-hetero) is 1. The van der Waals surface area contributed by atoms with Gasteiger partial charge in [-0.1, -0.05) is 18.2 Å². The van der Waals surface area contributed by atoms with E-state index >= 15 is 0 Å². The molecule has 2 rings (SSSR count). The molecule has 0 aliphatic heterocycles. The van der Waals surface area contributed by atoms with E-state index in [1.807, 2.05) is 26.8 Å². The summed E-state index contributed by atoms with van der Waals surface area (Å²) in [5.74, 6) is -2.05. The fraction of sp³-hybridized carbons (Fsp3) is 0.286. The second-order valence-electron chi connectivity index (χ2n) is 6.37. The SMILES string of the molecule is CC(=O)c1c(C)cc(C)c(COC(=O)CNC(=O)c2ccccc2F)c1C. The number of rotatable bonds is 6. The van der Waals surface area contributed by atoms with Crippen LogP contribution in [0.15, 0.2) is 30.3 Å². The second-order valence-corrected chi connectivity index (χ2v) is 6.37. The van der Waals surface area contributed by atoms with Crippen LogP contribution in [0.3, 0.4) is 0 Å². The first kappa shape index (κ1) is 20.3. The van der Waals surface area contributed by atoms with Crippen LogP contribution in [0, 0.1) is 26.6 Å². The number of aryl methyl sites for hydroxylation is 2. The number of hydrogen-bond donors (Lipinski definition) is 1. The van der Waals surface area contributed by atoms with Crippen LogP contribution in [-0.2, 0) is 16.1 Å². The van der Waals surface area contributed by atoms with Crippen molar-refractivity contribution >= 4 is 17.7 Å². The van der Waals surface area contributed by atoms with Crippen LogP contribution in [0.1, 0.15) is 49.9 Å². The fourth-order valence-corrected chi connectivity index (χ4v) is 3.09. The summed E-state index contributed by atoms with van der Waals surface area (Å²) in [7, 11) is 0. The summed E-state index contributed by atoms with van der Waals surface area (Å²) in [4.78, 5) is 35.7. The summed E-state index contributed by atoms with van der Waals surface area (Å²) in [5.41, 5.74) is 3.83. The lowest BCUT2D eigenvalue weighted by molar-refractivity contribution is -0.143. The molecule has 0 heterocycles. The van der Waals surface area contributed by atoms with Gasteiger partial charge < -0.3 is 10.1 Å². The largest absolute Gasteiger partial charge is 0.459 e. The number of carbonyl (C=O) groups excluding carboxylic acids is 3. The summed E-state index contributed by atoms with van der Waals surface area (Å²) >= 11 is 0. The van der Waals surface area contributed by atoms with E-state index in [-0.39, 0.29) is 24.5 Å². The molecule has 5 nitrogen and oxygen atoms in total. The minimum Gasteiger partial charge on any atom is -0.459 e. The molecule has 0 saturated heterocycles. The van der Waals surface area contributed by atoms with Crippen LogP contribution in [0.4, 0.5) is 4.39 Å². The van der Waals surface area contributed by atoms with Gasteiger partial charge in [0.15, 0.2) is 5.78 Å². The molecule has 0 fully saturated rings. The summed E-state index contributed by atoms with van der Waals surface area (Å²) < 4.78 is 18.8. The summed E-state index contributed by atoms with van der Waals surface area (Å²) in [6.45, 7) is 6.68. The topological polar surface area (TPSA) is 72.5 Å². The van der Waals surface area contributed by atoms with Crippen LogP contribution < -0.4 is 5.32 Å². The molecule has 0 bridgehead atoms. The van der Waals surface area contributed by atoms with Crippen LogP contribution in [0.5, 0.6) is 0 Å². The molecule has 2 aromatic carbocycles. The Morgan fingerprint density at radius 3 is 2.37 bits per heavy atom. The van der Waals surface area contributed by atoms with Crippen molar-refractivity contribution in [3.05, 3.63) is 69.5 Å². The molecule has 0 unspecified atom stereocenters. The van der Waals surface area contributed by atoms with Crippen molar-refractivity contribution in [2.24, 2.45) is 0 Å². The standard InChI is InChI=1S/C21H22FNO4/c1-12-9-13(2)20(15(4)24)14(3)17(12)11-27-19(25)10-23-21(26)16-7-5-6-8-18(16)22/h5-9H,10-11H2,1-4H3,(H,23,26). The van der Waals surface area contributed by atoms with Crippen LogP contribution in [0.25, 0.3) is 0 Å². The second kappa shape index (κ2) is 8.58. The minimum atomic E-state index is -0.688. The Bertz CT molecular complexity index is 905. The zero-order chi connectivity index (χ0) is 20.1. The third kappa shape index (κ3) is 4.78. The van der Waals surface area contributed by atoms with Crippen molar-refractivity contribution in [1.82, 2.24) is 5.32 Å². The first-order chi connectivity index (χ1) is 12.7. The van der Waals surface area contributed by atoms with Crippen LogP contribution >= 0.6 is 0 Å². The molecule has 0 aliphatic carbocycles. The van der Waals surface area contributed by atoms with Gasteiger partial charge in [-0.3, -0.25) is 14.4 Å². The van der Waals surface area contributed by atoms with Gasteiger partial charge in [0.2, 0.25) is 0 Å². The Balaban J connectivity index is 2.00. The number of ether oxygens (including phenoxy) is 1. The van der Waals surface area contributed by atoms with E-state index in [1.54, 1.807) is 0 Å². The van der Waals surface area contributed by atoms with Gasteiger partial charge in [-0.15, -0.1) is 0 Å². The van der Waals surface area contributed by atoms with Gasteiger partial charge in [0.05, 0.1) is 5.56 Å². The Morgan fingerprint density at radius 1 is 1.07 bits per heavy atom. The molecule has 2 aromatic rings. The van der Waals surface area contributed by atoms with Gasteiger partial charge in [0.1, 0.15) is 19.0 Å². The Labute approximate surface area is 157 Å². The average molecular weight is 371 g/mol. The van der Waals surface area contributed by atoms with Gasteiger partial charge in [-0.2, -0.15) is 0 Å². The van der Waals surface area contributed by atoms with Gasteiger partial charge in [-0.05, 0) is 62.1 Å². The molecule has 0 aliphatic rings. The van der Waals surface area contributed by atoms with E-state index in [1.165, 1.54) is 31.2 Å². The average Bonchev–Trinajstić information content (AvgIpc) is 2.59. The van der Waals surface area contributed by atoms with Crippen molar-refractivity contribution < 1.29 is 23.5 Å². The van der Waals surface area contributed by atoms with Crippen LogP contribution in [-0.4, -0.2) is 24.2 Å². The fourth-order valence-electron chi connectivity index (χ4n) is 3.09. The zero-order valence-electron chi connectivity index (χ0n) is 15.8. The quantitative estimate of drug-likeness (QED) is 0.624. The smallest absolute Gasteiger partial charge is 0.325 e. The lowest BCUT2D eigenvalue weighted by atomic mass is 9.92. The number of esters is 1. The van der Waals surface area contributed by atoms with E-state index in [9.17, 15) is 18.8 Å². The molecule has 0 spiro atoms. The first-order valence-corrected chi connectivity index (χ1v) is 8.51. The molecule has 0 radical (unpaired) electrons. The highest BCUT2D eigenvalue weighted by Crippen LogP contribution is 2.23. The highest BCUT2D eigenvalue weighted by atomic mass is 19.1. The number of amides is 1. The van der Waals surface area contributed by atoms with Gasteiger partial charge in [0, 0.05) is 5.56 Å². The highest BCUT2D eigenvalue weighted by molar-refractivity contribution is 5.97. The number of carbonyl (C=O) groups is 3. The van der Waals surface area contributed by atoms with Gasteiger partial charge >= 0.3 is 5.97 Å². The van der Waals surface area contributed by atoms with E-state index in [4.69, 9.17) is 4.74 Å². The number of halogens is 1. The van der Waals surface area contributed by atoms with Gasteiger partial charge in [-0.25, -0.2) is 4.39 Å². The van der Waals surface area contributed by atoms with Crippen molar-refractivity contribution in [2.45, 2.75) is 34.3 Å². The highest BCUT2D eigenvalue weighted by Gasteiger charge is 2.16. The molecule has 27 heavy (non-hydrogen) atoms. The van der Waals surface area contributed by atoms with Gasteiger partial charge in [0.25, 0.3) is 5.91 Å². The molecule has 142 valence electrons. The van der Waals surface area contributed by atoms with E-state index in [0.717, 1.165) is 22.3 Å². The van der Waals surface area contributed by atoms with E-state index in [0.29, 0.717) is 5.56 Å². The number of hydrogen-bond acceptors (Lipinski definition) is 4. The van der Waals surface area contributed by atoms with Crippen molar-refractivity contribution in [3.63, 3.8) is 0 Å². The number of ketones is 1. The maximum atomic E-state index is 13.6. The Hall–Kier alpha value is -3.02. The molecule has 1 amide bonds. The van der Waals surface area contributed by atoms with Crippen molar-refractivity contribution in [1.29, 1.82) is 0 Å². The molecule has 0 aromatic heterocycles. The third-order valence-corrected chi connectivity index (χ3v) is 4.37. The lowest BCUT2D eigenvalue weighted by Gasteiger charge is -2.16. The normalized spacial score (nSPS) is 10.4. The van der Waals surface area contributed by atoms with Crippen LogP contribution in [0.2, 0.25) is 0 Å². The summed E-state index contributed by atoms with van der Waals surface area (Å²) in [6.07, 6.45) is 0. The Morgan fingerprint density at radius 2 is 1.74 bits per heavy atom. The van der Waals surface area contributed by atoms with E-state index < -0.39 is 17.7 Å². The lowest BCUT2D eigenvalue weighted by Crippen LogP contribution is -2.31. The molecule has 0 atom stereocenters. The maximum Gasteiger partial charge on any atom is 0.325 e. The van der Waals surface area contributed by atoms with Crippen molar-refractivity contribution in [2.75, 3.05) is 6.54 Å². The van der Waals surface area contributed by atoms with Crippen molar-refractivity contribution in [3.8, 4) is 0 Å². The maximum absolute atomic E-state index is 13.6. The summed E-state index contributed by atoms with van der Waals surface area (Å²) in [5, 5.41) is 2.34. The molecule has 0 saturated carbocycles. The monoisotopic (exact) mass is 371 g/mol. The predicted octanol–water partition coefficient (Wildman–Crippen LogP) is 3.43. The molecule has 1 N–H and O–H groups in total. The molecular formula is C21H22FNO4. The molecular weight excluding hydrogens is 349 g/mol. The predicted molar refractivity (Wildman–Crippen MR) is 99.2 cm³/mol. The molecule has 6 heteroatoms. The number of benzene rings is 2. The first-order valence-electron chi connectivity index (χ1n) is 8.51. The van der Waals surface area contributed by atoms with E-state index in [2.05, 4.69) is 5.32 Å². The number of nitrogens with one attached hydrogen (secondary N) is 1. The third-order valence-electron chi connectivity index (χ3n) is 4.37. The zero-order valence-corrected chi connectivity index (χ0v) is 15.8.